The highest BCUT2D eigenvalue weighted by Gasteiger charge is 2.20. The number of hydrogen-bond acceptors (Lipinski definition) is 4. The number of aryl methyl sites for hydroxylation is 1. The maximum Gasteiger partial charge on any atom is 0.246 e. The number of likely N-dealkylation sites (N-methyl/N-ethyl adjacent to an activating group) is 1. The van der Waals surface area contributed by atoms with Crippen molar-refractivity contribution in [1.82, 2.24) is 15.1 Å². The molecule has 1 atom stereocenters. The fourth-order valence-electron chi connectivity index (χ4n) is 2.14. The fraction of sp³-hybridized carbons (Fsp3) is 0.375. The van der Waals surface area contributed by atoms with E-state index in [1.54, 1.807) is 17.9 Å². The molecule has 0 aliphatic rings. The number of amides is 1. The number of ether oxygens (including phenoxy) is 1. The Balaban J connectivity index is 2.07. The molecule has 0 fully saturated rings. The molecule has 0 saturated carbocycles. The Labute approximate surface area is 130 Å². The van der Waals surface area contributed by atoms with E-state index < -0.39 is 6.04 Å². The number of carbonyl (C=O) groups excluding carboxylic acids is 1. The molecule has 22 heavy (non-hydrogen) atoms. The molecule has 1 heterocycles. The van der Waals surface area contributed by atoms with Crippen LogP contribution in [0.25, 0.3) is 0 Å². The van der Waals surface area contributed by atoms with Crippen molar-refractivity contribution < 1.29 is 9.53 Å². The van der Waals surface area contributed by atoms with E-state index in [1.165, 1.54) is 0 Å². The summed E-state index contributed by atoms with van der Waals surface area (Å²) >= 11 is 0. The van der Waals surface area contributed by atoms with Crippen molar-refractivity contribution in [3.05, 3.63) is 42.2 Å². The fourth-order valence-corrected chi connectivity index (χ4v) is 2.14. The Bertz CT molecular complexity index is 624. The van der Waals surface area contributed by atoms with Crippen LogP contribution in [-0.2, 0) is 11.8 Å². The summed E-state index contributed by atoms with van der Waals surface area (Å²) in [5.74, 6) is 0.616. The third-order valence-electron chi connectivity index (χ3n) is 3.18. The number of nitrogens with one attached hydrogen (secondary N) is 2. The molecule has 2 rings (SSSR count). The van der Waals surface area contributed by atoms with Crippen LogP contribution >= 0.6 is 0 Å². The molecular weight excluding hydrogens is 280 g/mol. The van der Waals surface area contributed by atoms with Gasteiger partial charge in [0.2, 0.25) is 5.91 Å². The first kappa shape index (κ1) is 16.0. The summed E-state index contributed by atoms with van der Waals surface area (Å²) in [7, 11) is 3.57. The normalized spacial score (nSPS) is 12.0. The molecule has 1 amide bonds. The maximum absolute atomic E-state index is 12.4. The highest BCUT2D eigenvalue weighted by molar-refractivity contribution is 5.95. The van der Waals surface area contributed by atoms with E-state index in [9.17, 15) is 4.79 Å². The Kier molecular flexibility index (Phi) is 5.55. The van der Waals surface area contributed by atoms with E-state index in [0.717, 1.165) is 17.7 Å². The van der Waals surface area contributed by atoms with E-state index in [1.807, 2.05) is 37.5 Å². The molecule has 0 aliphatic heterocycles. The zero-order valence-electron chi connectivity index (χ0n) is 13.2. The van der Waals surface area contributed by atoms with Gasteiger partial charge in [0.15, 0.2) is 0 Å². The van der Waals surface area contributed by atoms with Gasteiger partial charge in [-0.15, -0.1) is 0 Å². The molecular formula is C16H22N4O2. The van der Waals surface area contributed by atoms with Crippen LogP contribution in [0, 0.1) is 0 Å². The van der Waals surface area contributed by atoms with Gasteiger partial charge in [0.1, 0.15) is 11.8 Å². The lowest BCUT2D eigenvalue weighted by Crippen LogP contribution is -2.30. The van der Waals surface area contributed by atoms with Gasteiger partial charge in [-0.3, -0.25) is 9.48 Å². The molecule has 6 heteroatoms. The molecule has 6 nitrogen and oxygen atoms in total. The topological polar surface area (TPSA) is 68.2 Å². The van der Waals surface area contributed by atoms with Crippen LogP contribution in [0.2, 0.25) is 0 Å². The van der Waals surface area contributed by atoms with E-state index in [-0.39, 0.29) is 5.91 Å². The SMILES string of the molecule is CCCOc1cccc(NC(=O)C(NC)c2cnn(C)c2)c1. The van der Waals surface area contributed by atoms with E-state index in [0.29, 0.717) is 12.3 Å². The van der Waals surface area contributed by atoms with Crippen LogP contribution in [0.1, 0.15) is 24.9 Å². The van der Waals surface area contributed by atoms with E-state index in [4.69, 9.17) is 4.74 Å². The molecule has 1 unspecified atom stereocenters. The molecule has 1 aromatic heterocycles. The van der Waals surface area contributed by atoms with Crippen LogP contribution in [0.15, 0.2) is 36.7 Å². The number of anilines is 1. The quantitative estimate of drug-likeness (QED) is 0.822. The van der Waals surface area contributed by atoms with Crippen LogP contribution < -0.4 is 15.4 Å². The van der Waals surface area contributed by atoms with Crippen LogP contribution in [0.3, 0.4) is 0 Å². The van der Waals surface area contributed by atoms with E-state index in [2.05, 4.69) is 22.7 Å². The minimum absolute atomic E-state index is 0.136. The molecule has 2 aromatic rings. The molecule has 1 aromatic carbocycles. The van der Waals surface area contributed by atoms with Crippen molar-refractivity contribution in [1.29, 1.82) is 0 Å². The summed E-state index contributed by atoms with van der Waals surface area (Å²) in [5.41, 5.74) is 1.53. The second kappa shape index (κ2) is 7.61. The van der Waals surface area contributed by atoms with Crippen molar-refractivity contribution in [2.45, 2.75) is 19.4 Å². The van der Waals surface area contributed by atoms with Gasteiger partial charge in [0.05, 0.1) is 12.8 Å². The average Bonchev–Trinajstić information content (AvgIpc) is 2.92. The zero-order chi connectivity index (χ0) is 15.9. The Hall–Kier alpha value is -2.34. The highest BCUT2D eigenvalue weighted by Crippen LogP contribution is 2.20. The molecule has 0 spiro atoms. The lowest BCUT2D eigenvalue weighted by molar-refractivity contribution is -0.118. The van der Waals surface area contributed by atoms with Gasteiger partial charge in [-0.05, 0) is 25.6 Å². The first-order valence-corrected chi connectivity index (χ1v) is 7.33. The van der Waals surface area contributed by atoms with Gasteiger partial charge in [-0.1, -0.05) is 13.0 Å². The molecule has 0 bridgehead atoms. The predicted octanol–water partition coefficient (Wildman–Crippen LogP) is 2.11. The molecule has 2 N–H and O–H groups in total. The lowest BCUT2D eigenvalue weighted by Gasteiger charge is -2.15. The molecule has 0 radical (unpaired) electrons. The maximum atomic E-state index is 12.4. The summed E-state index contributed by atoms with van der Waals surface area (Å²) in [6.45, 7) is 2.71. The highest BCUT2D eigenvalue weighted by atomic mass is 16.5. The monoisotopic (exact) mass is 302 g/mol. The number of hydrogen-bond donors (Lipinski definition) is 2. The van der Waals surface area contributed by atoms with E-state index >= 15 is 0 Å². The number of rotatable bonds is 7. The molecule has 0 aliphatic carbocycles. The second-order valence-corrected chi connectivity index (χ2v) is 5.03. The number of aromatic nitrogens is 2. The van der Waals surface area contributed by atoms with Crippen LogP contribution in [0.5, 0.6) is 5.75 Å². The van der Waals surface area contributed by atoms with Gasteiger partial charge in [-0.2, -0.15) is 5.10 Å². The van der Waals surface area contributed by atoms with Gasteiger partial charge < -0.3 is 15.4 Å². The summed E-state index contributed by atoms with van der Waals surface area (Å²) in [6, 6.07) is 6.95. The predicted molar refractivity (Wildman–Crippen MR) is 85.9 cm³/mol. The van der Waals surface area contributed by atoms with Gasteiger partial charge in [0, 0.05) is 30.6 Å². The summed E-state index contributed by atoms with van der Waals surface area (Å²) in [5, 5.41) is 10.0. The van der Waals surface area contributed by atoms with Crippen molar-refractivity contribution in [2.75, 3.05) is 19.0 Å². The Morgan fingerprint density at radius 3 is 2.91 bits per heavy atom. The third kappa shape index (κ3) is 4.08. The minimum atomic E-state index is -0.450. The number of benzene rings is 1. The summed E-state index contributed by atoms with van der Waals surface area (Å²) < 4.78 is 7.24. The average molecular weight is 302 g/mol. The molecule has 0 saturated heterocycles. The lowest BCUT2D eigenvalue weighted by atomic mass is 10.1. The third-order valence-corrected chi connectivity index (χ3v) is 3.18. The first-order valence-electron chi connectivity index (χ1n) is 7.33. The minimum Gasteiger partial charge on any atom is -0.494 e. The Morgan fingerprint density at radius 1 is 1.45 bits per heavy atom. The van der Waals surface area contributed by atoms with Gasteiger partial charge in [0.25, 0.3) is 0 Å². The van der Waals surface area contributed by atoms with Gasteiger partial charge in [-0.25, -0.2) is 0 Å². The Morgan fingerprint density at radius 2 is 2.27 bits per heavy atom. The summed E-state index contributed by atoms with van der Waals surface area (Å²) in [6.07, 6.45) is 4.45. The first-order chi connectivity index (χ1) is 10.6. The van der Waals surface area contributed by atoms with Crippen LogP contribution in [-0.4, -0.2) is 29.3 Å². The van der Waals surface area contributed by atoms with Crippen molar-refractivity contribution in [3.63, 3.8) is 0 Å². The standard InChI is InChI=1S/C16H22N4O2/c1-4-8-22-14-7-5-6-13(9-14)19-16(21)15(17-2)12-10-18-20(3)11-12/h5-7,9-11,15,17H,4,8H2,1-3H3,(H,19,21). The van der Waals surface area contributed by atoms with Crippen LogP contribution in [0.4, 0.5) is 5.69 Å². The zero-order valence-corrected chi connectivity index (χ0v) is 13.2. The molecule has 118 valence electrons. The number of carbonyl (C=O) groups is 1. The smallest absolute Gasteiger partial charge is 0.246 e. The van der Waals surface area contributed by atoms with Crippen molar-refractivity contribution in [2.24, 2.45) is 7.05 Å². The van der Waals surface area contributed by atoms with Crippen molar-refractivity contribution in [3.8, 4) is 5.75 Å². The van der Waals surface area contributed by atoms with Crippen molar-refractivity contribution >= 4 is 11.6 Å². The largest absolute Gasteiger partial charge is 0.494 e. The second-order valence-electron chi connectivity index (χ2n) is 5.03. The number of nitrogens with zero attached hydrogens (tertiary/aromatic N) is 2. The van der Waals surface area contributed by atoms with Gasteiger partial charge >= 0.3 is 0 Å². The summed E-state index contributed by atoms with van der Waals surface area (Å²) in [4.78, 5) is 12.4.